The van der Waals surface area contributed by atoms with Crippen LogP contribution in [0.25, 0.3) is 0 Å². The first-order valence-corrected chi connectivity index (χ1v) is 9.92. The van der Waals surface area contributed by atoms with Gasteiger partial charge in [0.15, 0.2) is 0 Å². The quantitative estimate of drug-likeness (QED) is 0.740. The van der Waals surface area contributed by atoms with Gasteiger partial charge in [-0.1, -0.05) is 60.7 Å². The lowest BCUT2D eigenvalue weighted by atomic mass is 9.72. The molecule has 4 nitrogen and oxygen atoms in total. The fraction of sp³-hybridized carbons (Fsp3) is 0.435. The monoisotopic (exact) mass is 366 g/mol. The number of aliphatic hydroxyl groups is 1. The van der Waals surface area contributed by atoms with E-state index >= 15 is 0 Å². The van der Waals surface area contributed by atoms with Gasteiger partial charge in [0.05, 0.1) is 0 Å². The third-order valence-corrected chi connectivity index (χ3v) is 5.68. The number of likely N-dealkylation sites (tertiary alicyclic amines) is 1. The lowest BCUT2D eigenvalue weighted by molar-refractivity contribution is -0.134. The molecule has 2 aromatic carbocycles. The lowest BCUT2D eigenvalue weighted by Crippen LogP contribution is -2.46. The van der Waals surface area contributed by atoms with E-state index in [0.717, 1.165) is 36.9 Å². The molecule has 0 aromatic heterocycles. The number of carbonyl (C=O) groups is 1. The number of nitrogens with zero attached hydrogens (tertiary/aromatic N) is 1. The largest absolute Gasteiger partial charge is 0.380 e. The molecule has 0 bridgehead atoms. The fourth-order valence-electron chi connectivity index (χ4n) is 4.14. The van der Waals surface area contributed by atoms with Crippen LogP contribution in [0.1, 0.15) is 36.8 Å². The molecule has 0 spiro atoms. The molecule has 1 amide bonds. The van der Waals surface area contributed by atoms with Crippen LogP contribution in [0.2, 0.25) is 0 Å². The van der Waals surface area contributed by atoms with Crippen molar-refractivity contribution in [1.29, 1.82) is 0 Å². The molecule has 1 aliphatic heterocycles. The number of hydrogen-bond acceptors (Lipinski definition) is 3. The van der Waals surface area contributed by atoms with E-state index in [4.69, 9.17) is 0 Å². The summed E-state index contributed by atoms with van der Waals surface area (Å²) in [4.78, 5) is 14.4. The number of hydrogen-bond donors (Lipinski definition) is 2. The average molecular weight is 367 g/mol. The standard InChI is InChI=1S/C23H30N2O2/c1-24-16-8-13-22(26)25-17-14-21(15-18-25)23(27,19-9-4-2-5-10-19)20-11-6-3-7-12-20/h2-7,9-12,21,24,27H,8,13-18H2,1H3. The van der Waals surface area contributed by atoms with Crippen molar-refractivity contribution in [2.45, 2.75) is 31.3 Å². The number of amides is 1. The molecule has 0 atom stereocenters. The molecule has 0 radical (unpaired) electrons. The molecule has 3 rings (SSSR count). The van der Waals surface area contributed by atoms with Gasteiger partial charge in [-0.25, -0.2) is 0 Å². The van der Waals surface area contributed by atoms with Gasteiger partial charge in [0.1, 0.15) is 5.60 Å². The van der Waals surface area contributed by atoms with Gasteiger partial charge < -0.3 is 15.3 Å². The number of piperidine rings is 1. The van der Waals surface area contributed by atoms with Crippen LogP contribution in [0.4, 0.5) is 0 Å². The maximum Gasteiger partial charge on any atom is 0.222 e. The van der Waals surface area contributed by atoms with Gasteiger partial charge in [0, 0.05) is 19.5 Å². The Morgan fingerprint density at radius 1 is 1.04 bits per heavy atom. The van der Waals surface area contributed by atoms with Crippen LogP contribution in [0, 0.1) is 5.92 Å². The van der Waals surface area contributed by atoms with E-state index in [-0.39, 0.29) is 11.8 Å². The summed E-state index contributed by atoms with van der Waals surface area (Å²) in [6, 6.07) is 19.9. The third-order valence-electron chi connectivity index (χ3n) is 5.68. The first-order valence-electron chi connectivity index (χ1n) is 9.92. The Balaban J connectivity index is 1.75. The molecule has 0 saturated carbocycles. The molecular formula is C23H30N2O2. The first kappa shape index (κ1) is 19.6. The smallest absolute Gasteiger partial charge is 0.222 e. The second kappa shape index (κ2) is 9.16. The summed E-state index contributed by atoms with van der Waals surface area (Å²) < 4.78 is 0. The number of benzene rings is 2. The van der Waals surface area contributed by atoms with E-state index in [0.29, 0.717) is 19.5 Å². The first-order chi connectivity index (χ1) is 13.2. The molecule has 4 heteroatoms. The van der Waals surface area contributed by atoms with Crippen molar-refractivity contribution >= 4 is 5.91 Å². The molecule has 144 valence electrons. The number of nitrogens with one attached hydrogen (secondary N) is 1. The Kier molecular flexibility index (Phi) is 6.64. The van der Waals surface area contributed by atoms with Crippen LogP contribution in [-0.2, 0) is 10.4 Å². The Hall–Kier alpha value is -2.17. The summed E-state index contributed by atoms with van der Waals surface area (Å²) in [5.41, 5.74) is 0.828. The maximum absolute atomic E-state index is 12.4. The van der Waals surface area contributed by atoms with Gasteiger partial charge >= 0.3 is 0 Å². The molecule has 27 heavy (non-hydrogen) atoms. The van der Waals surface area contributed by atoms with Crippen molar-refractivity contribution in [3.63, 3.8) is 0 Å². The summed E-state index contributed by atoms with van der Waals surface area (Å²) in [5.74, 6) is 0.315. The van der Waals surface area contributed by atoms with E-state index in [1.54, 1.807) is 0 Å². The highest BCUT2D eigenvalue weighted by molar-refractivity contribution is 5.76. The zero-order valence-electron chi connectivity index (χ0n) is 16.1. The molecule has 1 fully saturated rings. The zero-order valence-corrected chi connectivity index (χ0v) is 16.1. The summed E-state index contributed by atoms with van der Waals surface area (Å²) in [5, 5.41) is 15.0. The van der Waals surface area contributed by atoms with E-state index in [1.165, 1.54) is 0 Å². The van der Waals surface area contributed by atoms with Crippen LogP contribution in [0.15, 0.2) is 60.7 Å². The van der Waals surface area contributed by atoms with Crippen molar-refractivity contribution in [2.24, 2.45) is 5.92 Å². The predicted octanol–water partition coefficient (Wildman–Crippen LogP) is 3.16. The molecule has 1 heterocycles. The Morgan fingerprint density at radius 3 is 2.04 bits per heavy atom. The molecule has 0 aliphatic carbocycles. The van der Waals surface area contributed by atoms with E-state index in [2.05, 4.69) is 5.32 Å². The van der Waals surface area contributed by atoms with Gasteiger partial charge in [-0.3, -0.25) is 4.79 Å². The molecule has 2 N–H and O–H groups in total. The average Bonchev–Trinajstić information content (AvgIpc) is 2.74. The molecule has 0 unspecified atom stereocenters. The minimum absolute atomic E-state index is 0.0867. The summed E-state index contributed by atoms with van der Waals surface area (Å²) >= 11 is 0. The summed E-state index contributed by atoms with van der Waals surface area (Å²) in [6.45, 7) is 2.29. The minimum Gasteiger partial charge on any atom is -0.380 e. The second-order valence-corrected chi connectivity index (χ2v) is 7.36. The third kappa shape index (κ3) is 4.40. The molecule has 1 aliphatic rings. The highest BCUT2D eigenvalue weighted by Crippen LogP contribution is 2.41. The van der Waals surface area contributed by atoms with E-state index < -0.39 is 5.60 Å². The van der Waals surface area contributed by atoms with Crippen molar-refractivity contribution in [3.05, 3.63) is 71.8 Å². The van der Waals surface area contributed by atoms with Gasteiger partial charge in [0.25, 0.3) is 0 Å². The van der Waals surface area contributed by atoms with Crippen molar-refractivity contribution < 1.29 is 9.90 Å². The Morgan fingerprint density at radius 2 is 1.56 bits per heavy atom. The van der Waals surface area contributed by atoms with Crippen LogP contribution < -0.4 is 5.32 Å². The Labute approximate surface area is 162 Å². The fourth-order valence-corrected chi connectivity index (χ4v) is 4.14. The van der Waals surface area contributed by atoms with Crippen LogP contribution in [0.3, 0.4) is 0 Å². The highest BCUT2D eigenvalue weighted by Gasteiger charge is 2.41. The van der Waals surface area contributed by atoms with Crippen molar-refractivity contribution in [3.8, 4) is 0 Å². The van der Waals surface area contributed by atoms with Crippen LogP contribution >= 0.6 is 0 Å². The van der Waals surface area contributed by atoms with Gasteiger partial charge in [-0.15, -0.1) is 0 Å². The second-order valence-electron chi connectivity index (χ2n) is 7.36. The lowest BCUT2D eigenvalue weighted by Gasteiger charge is -2.42. The van der Waals surface area contributed by atoms with E-state index in [9.17, 15) is 9.90 Å². The molecular weight excluding hydrogens is 336 g/mol. The number of rotatable bonds is 7. The van der Waals surface area contributed by atoms with Crippen molar-refractivity contribution in [1.82, 2.24) is 10.2 Å². The maximum atomic E-state index is 12.4. The normalized spacial score (nSPS) is 15.7. The highest BCUT2D eigenvalue weighted by atomic mass is 16.3. The van der Waals surface area contributed by atoms with Crippen LogP contribution in [-0.4, -0.2) is 42.6 Å². The van der Waals surface area contributed by atoms with Crippen LogP contribution in [0.5, 0.6) is 0 Å². The molecule has 1 saturated heterocycles. The predicted molar refractivity (Wildman–Crippen MR) is 108 cm³/mol. The van der Waals surface area contributed by atoms with E-state index in [1.807, 2.05) is 72.6 Å². The van der Waals surface area contributed by atoms with Crippen molar-refractivity contribution in [2.75, 3.05) is 26.7 Å². The topological polar surface area (TPSA) is 52.6 Å². The molecule has 2 aromatic rings. The zero-order chi connectivity index (χ0) is 19.1. The number of carbonyl (C=O) groups excluding carboxylic acids is 1. The SMILES string of the molecule is CNCCCC(=O)N1CCC(C(O)(c2ccccc2)c2ccccc2)CC1. The summed E-state index contributed by atoms with van der Waals surface area (Å²) in [7, 11) is 1.91. The van der Waals surface area contributed by atoms with Gasteiger partial charge in [-0.2, -0.15) is 0 Å². The van der Waals surface area contributed by atoms with Gasteiger partial charge in [0.2, 0.25) is 5.91 Å². The summed E-state index contributed by atoms with van der Waals surface area (Å²) in [6.07, 6.45) is 3.07. The minimum atomic E-state index is -1.02. The Bertz CT molecular complexity index is 670. The van der Waals surface area contributed by atoms with Gasteiger partial charge in [-0.05, 0) is 49.9 Å².